The largest absolute Gasteiger partial charge is 0.324 e. The first-order valence-electron chi connectivity index (χ1n) is 6.54. The van der Waals surface area contributed by atoms with Crippen molar-refractivity contribution in [3.8, 4) is 0 Å². The number of hydrogen-bond donors (Lipinski definition) is 2. The number of anilines is 1. The summed E-state index contributed by atoms with van der Waals surface area (Å²) in [7, 11) is 0. The van der Waals surface area contributed by atoms with Crippen LogP contribution in [-0.4, -0.2) is 11.9 Å². The first kappa shape index (κ1) is 15.0. The topological polar surface area (TPSA) is 55.1 Å². The molecule has 1 atom stereocenters. The average Bonchev–Trinajstić information content (AvgIpc) is 2.40. The summed E-state index contributed by atoms with van der Waals surface area (Å²) in [6.07, 6.45) is 0. The summed E-state index contributed by atoms with van der Waals surface area (Å²) in [5.74, 6) is -0.162. The van der Waals surface area contributed by atoms with Crippen molar-refractivity contribution in [3.63, 3.8) is 0 Å². The standard InChI is InChI=1S/C16H19BrN2O/c1-16(2,3)14(18)15(20)19-13-9-8-12(17)10-6-4-5-7-11(10)13/h4-9,14H,18H2,1-3H3,(H,19,20). The lowest BCUT2D eigenvalue weighted by atomic mass is 9.87. The molecule has 0 aromatic heterocycles. The number of amides is 1. The monoisotopic (exact) mass is 334 g/mol. The van der Waals surface area contributed by atoms with Gasteiger partial charge in [-0.1, -0.05) is 61.0 Å². The van der Waals surface area contributed by atoms with Gasteiger partial charge in [-0.3, -0.25) is 4.79 Å². The minimum absolute atomic E-state index is 0.162. The van der Waals surface area contributed by atoms with Crippen molar-refractivity contribution in [3.05, 3.63) is 40.9 Å². The van der Waals surface area contributed by atoms with Gasteiger partial charge in [0, 0.05) is 15.5 Å². The Labute approximate surface area is 127 Å². The van der Waals surface area contributed by atoms with Crippen LogP contribution >= 0.6 is 15.9 Å². The van der Waals surface area contributed by atoms with Crippen LogP contribution in [0.1, 0.15) is 20.8 Å². The molecule has 3 nitrogen and oxygen atoms in total. The maximum atomic E-state index is 12.2. The quantitative estimate of drug-likeness (QED) is 0.874. The molecule has 2 aromatic rings. The molecule has 0 spiro atoms. The highest BCUT2D eigenvalue weighted by Gasteiger charge is 2.27. The maximum Gasteiger partial charge on any atom is 0.241 e. The van der Waals surface area contributed by atoms with Gasteiger partial charge in [0.25, 0.3) is 0 Å². The van der Waals surface area contributed by atoms with Crippen molar-refractivity contribution in [2.75, 3.05) is 5.32 Å². The van der Waals surface area contributed by atoms with E-state index in [1.807, 2.05) is 57.2 Å². The summed E-state index contributed by atoms with van der Waals surface area (Å²) in [6.45, 7) is 5.87. The van der Waals surface area contributed by atoms with Gasteiger partial charge >= 0.3 is 0 Å². The molecular formula is C16H19BrN2O. The average molecular weight is 335 g/mol. The number of carbonyl (C=O) groups excluding carboxylic acids is 1. The zero-order chi connectivity index (χ0) is 14.9. The van der Waals surface area contributed by atoms with Gasteiger partial charge in [0.05, 0.1) is 6.04 Å². The van der Waals surface area contributed by atoms with Gasteiger partial charge in [-0.05, 0) is 22.9 Å². The molecule has 0 aliphatic heterocycles. The van der Waals surface area contributed by atoms with Crippen LogP contribution in [0.25, 0.3) is 10.8 Å². The summed E-state index contributed by atoms with van der Waals surface area (Å²) in [6, 6.07) is 11.2. The molecule has 106 valence electrons. The highest BCUT2D eigenvalue weighted by atomic mass is 79.9. The fraction of sp³-hybridized carbons (Fsp3) is 0.312. The molecule has 0 saturated carbocycles. The third kappa shape index (κ3) is 3.02. The number of nitrogens with two attached hydrogens (primary N) is 1. The van der Waals surface area contributed by atoms with E-state index in [9.17, 15) is 4.79 Å². The van der Waals surface area contributed by atoms with E-state index in [0.717, 1.165) is 20.9 Å². The predicted octanol–water partition coefficient (Wildman–Crippen LogP) is 3.91. The van der Waals surface area contributed by atoms with Crippen molar-refractivity contribution in [2.24, 2.45) is 11.1 Å². The summed E-state index contributed by atoms with van der Waals surface area (Å²) in [5, 5.41) is 4.99. The molecule has 0 radical (unpaired) electrons. The van der Waals surface area contributed by atoms with Gasteiger partial charge in [-0.2, -0.15) is 0 Å². The Morgan fingerprint density at radius 3 is 2.35 bits per heavy atom. The fourth-order valence-corrected chi connectivity index (χ4v) is 2.45. The van der Waals surface area contributed by atoms with E-state index in [0.29, 0.717) is 0 Å². The first-order chi connectivity index (χ1) is 9.30. The van der Waals surface area contributed by atoms with Crippen LogP contribution in [-0.2, 0) is 4.79 Å². The minimum Gasteiger partial charge on any atom is -0.324 e. The third-order valence-electron chi connectivity index (χ3n) is 3.34. The predicted molar refractivity (Wildman–Crippen MR) is 87.7 cm³/mol. The molecule has 0 heterocycles. The Morgan fingerprint density at radius 2 is 1.75 bits per heavy atom. The second-order valence-corrected chi connectivity index (χ2v) is 6.83. The van der Waals surface area contributed by atoms with E-state index >= 15 is 0 Å². The Bertz CT molecular complexity index is 646. The SMILES string of the molecule is CC(C)(C)C(N)C(=O)Nc1ccc(Br)c2ccccc12. The van der Waals surface area contributed by atoms with E-state index in [-0.39, 0.29) is 11.3 Å². The first-order valence-corrected chi connectivity index (χ1v) is 7.33. The van der Waals surface area contributed by atoms with Gasteiger partial charge in [0.1, 0.15) is 0 Å². The van der Waals surface area contributed by atoms with Gasteiger partial charge in [0.2, 0.25) is 5.91 Å². The van der Waals surface area contributed by atoms with Crippen LogP contribution in [0.5, 0.6) is 0 Å². The molecule has 4 heteroatoms. The highest BCUT2D eigenvalue weighted by Crippen LogP contribution is 2.30. The van der Waals surface area contributed by atoms with Crippen LogP contribution in [0.15, 0.2) is 40.9 Å². The van der Waals surface area contributed by atoms with Gasteiger partial charge in [-0.25, -0.2) is 0 Å². The summed E-state index contributed by atoms with van der Waals surface area (Å²) in [5.41, 5.74) is 6.51. The summed E-state index contributed by atoms with van der Waals surface area (Å²) < 4.78 is 1.01. The molecule has 1 unspecified atom stereocenters. The normalized spacial score (nSPS) is 13.2. The van der Waals surface area contributed by atoms with Crippen molar-refractivity contribution < 1.29 is 4.79 Å². The number of carbonyl (C=O) groups is 1. The highest BCUT2D eigenvalue weighted by molar-refractivity contribution is 9.10. The molecule has 0 aliphatic carbocycles. The Morgan fingerprint density at radius 1 is 1.15 bits per heavy atom. The van der Waals surface area contributed by atoms with Crippen LogP contribution in [0, 0.1) is 5.41 Å². The second-order valence-electron chi connectivity index (χ2n) is 5.97. The van der Waals surface area contributed by atoms with Crippen molar-refractivity contribution in [2.45, 2.75) is 26.8 Å². The van der Waals surface area contributed by atoms with Crippen molar-refractivity contribution >= 4 is 38.3 Å². The third-order valence-corrected chi connectivity index (χ3v) is 4.04. The lowest BCUT2D eigenvalue weighted by molar-refractivity contribution is -0.119. The van der Waals surface area contributed by atoms with E-state index in [2.05, 4.69) is 21.2 Å². The lowest BCUT2D eigenvalue weighted by Gasteiger charge is -2.26. The van der Waals surface area contributed by atoms with Crippen molar-refractivity contribution in [1.82, 2.24) is 0 Å². The number of nitrogens with one attached hydrogen (secondary N) is 1. The summed E-state index contributed by atoms with van der Waals surface area (Å²) in [4.78, 5) is 12.2. The molecule has 0 bridgehead atoms. The molecular weight excluding hydrogens is 316 g/mol. The van der Waals surface area contributed by atoms with E-state index in [4.69, 9.17) is 5.73 Å². The minimum atomic E-state index is -0.551. The van der Waals surface area contributed by atoms with Crippen LogP contribution in [0.3, 0.4) is 0 Å². The zero-order valence-corrected chi connectivity index (χ0v) is 13.5. The fourth-order valence-electron chi connectivity index (χ4n) is 1.98. The number of hydrogen-bond acceptors (Lipinski definition) is 2. The molecule has 3 N–H and O–H groups in total. The number of rotatable bonds is 2. The zero-order valence-electron chi connectivity index (χ0n) is 11.9. The Kier molecular flexibility index (Phi) is 4.16. The van der Waals surface area contributed by atoms with Crippen molar-refractivity contribution in [1.29, 1.82) is 0 Å². The molecule has 2 rings (SSSR count). The molecule has 1 amide bonds. The molecule has 20 heavy (non-hydrogen) atoms. The maximum absolute atomic E-state index is 12.2. The van der Waals surface area contributed by atoms with Gasteiger partial charge < -0.3 is 11.1 Å². The smallest absolute Gasteiger partial charge is 0.241 e. The molecule has 2 aromatic carbocycles. The van der Waals surface area contributed by atoms with E-state index < -0.39 is 6.04 Å². The van der Waals surface area contributed by atoms with Crippen LogP contribution in [0.4, 0.5) is 5.69 Å². The Hall–Kier alpha value is -1.39. The number of benzene rings is 2. The van der Waals surface area contributed by atoms with Gasteiger partial charge in [0.15, 0.2) is 0 Å². The summed E-state index contributed by atoms with van der Waals surface area (Å²) >= 11 is 3.52. The number of fused-ring (bicyclic) bond motifs is 1. The second kappa shape index (κ2) is 5.54. The molecule has 0 aliphatic rings. The lowest BCUT2D eigenvalue weighted by Crippen LogP contribution is -2.45. The molecule has 0 fully saturated rings. The molecule has 0 saturated heterocycles. The van der Waals surface area contributed by atoms with E-state index in [1.54, 1.807) is 0 Å². The number of halogens is 1. The van der Waals surface area contributed by atoms with Crippen LogP contribution in [0.2, 0.25) is 0 Å². The Balaban J connectivity index is 2.36. The van der Waals surface area contributed by atoms with E-state index in [1.165, 1.54) is 0 Å². The van der Waals surface area contributed by atoms with Crippen LogP contribution < -0.4 is 11.1 Å². The van der Waals surface area contributed by atoms with Gasteiger partial charge in [-0.15, -0.1) is 0 Å².